The largest absolute Gasteiger partial charge is 0.497 e. The Hall–Kier alpha value is -3.73. The highest BCUT2D eigenvalue weighted by atomic mass is 19.1. The number of halogens is 1. The van der Waals surface area contributed by atoms with Crippen LogP contribution < -0.4 is 10.1 Å². The lowest BCUT2D eigenvalue weighted by Gasteiger charge is -2.27. The molecular formula is C26H22FN3O. The molecule has 31 heavy (non-hydrogen) atoms. The second-order valence-electron chi connectivity index (χ2n) is 7.63. The van der Waals surface area contributed by atoms with E-state index in [4.69, 9.17) is 9.72 Å². The van der Waals surface area contributed by atoms with Gasteiger partial charge < -0.3 is 10.1 Å². The van der Waals surface area contributed by atoms with E-state index in [9.17, 15) is 4.39 Å². The number of benzene rings is 3. The first-order chi connectivity index (χ1) is 15.2. The summed E-state index contributed by atoms with van der Waals surface area (Å²) in [5, 5.41) is 3.31. The Balaban J connectivity index is 1.45. The zero-order valence-corrected chi connectivity index (χ0v) is 17.2. The SMILES string of the molecule is COc1ccc(CNc2ncc3c(n2)-c2ccccc2C(c2ccccc2F)C3)cc1. The molecule has 4 nitrogen and oxygen atoms in total. The predicted octanol–water partition coefficient (Wildman–Crippen LogP) is 5.59. The third-order valence-corrected chi connectivity index (χ3v) is 5.77. The first kappa shape index (κ1) is 19.2. The molecule has 0 saturated carbocycles. The van der Waals surface area contributed by atoms with Crippen molar-refractivity contribution in [3.8, 4) is 17.0 Å². The first-order valence-electron chi connectivity index (χ1n) is 10.3. The van der Waals surface area contributed by atoms with E-state index < -0.39 is 0 Å². The van der Waals surface area contributed by atoms with Crippen LogP contribution >= 0.6 is 0 Å². The van der Waals surface area contributed by atoms with Crippen molar-refractivity contribution in [3.05, 3.63) is 107 Å². The maximum atomic E-state index is 14.6. The Labute approximate surface area is 180 Å². The van der Waals surface area contributed by atoms with Gasteiger partial charge in [-0.05, 0) is 46.9 Å². The van der Waals surface area contributed by atoms with Crippen molar-refractivity contribution >= 4 is 5.95 Å². The fraction of sp³-hybridized carbons (Fsp3) is 0.154. The van der Waals surface area contributed by atoms with Gasteiger partial charge in [0, 0.05) is 24.2 Å². The van der Waals surface area contributed by atoms with Crippen molar-refractivity contribution in [2.75, 3.05) is 12.4 Å². The van der Waals surface area contributed by atoms with E-state index in [1.54, 1.807) is 13.2 Å². The van der Waals surface area contributed by atoms with Crippen molar-refractivity contribution in [2.24, 2.45) is 0 Å². The molecule has 1 unspecified atom stereocenters. The maximum absolute atomic E-state index is 14.6. The van der Waals surface area contributed by atoms with Crippen molar-refractivity contribution < 1.29 is 9.13 Å². The molecule has 5 rings (SSSR count). The highest BCUT2D eigenvalue weighted by Gasteiger charge is 2.28. The van der Waals surface area contributed by atoms with Crippen LogP contribution in [0.15, 0.2) is 79.0 Å². The van der Waals surface area contributed by atoms with Gasteiger partial charge in [-0.3, -0.25) is 0 Å². The van der Waals surface area contributed by atoms with Gasteiger partial charge in [0.15, 0.2) is 0 Å². The predicted molar refractivity (Wildman–Crippen MR) is 120 cm³/mol. The van der Waals surface area contributed by atoms with Gasteiger partial charge >= 0.3 is 0 Å². The van der Waals surface area contributed by atoms with Crippen molar-refractivity contribution in [3.63, 3.8) is 0 Å². The second-order valence-corrected chi connectivity index (χ2v) is 7.63. The molecule has 1 heterocycles. The zero-order chi connectivity index (χ0) is 21.2. The smallest absolute Gasteiger partial charge is 0.223 e. The van der Waals surface area contributed by atoms with Crippen LogP contribution in [0.2, 0.25) is 0 Å². The molecule has 0 amide bonds. The molecule has 5 heteroatoms. The Morgan fingerprint density at radius 3 is 2.48 bits per heavy atom. The van der Waals surface area contributed by atoms with E-state index in [1.165, 1.54) is 6.07 Å². The van der Waals surface area contributed by atoms with E-state index >= 15 is 0 Å². The summed E-state index contributed by atoms with van der Waals surface area (Å²) in [6.07, 6.45) is 2.54. The molecule has 0 aliphatic heterocycles. The molecule has 1 N–H and O–H groups in total. The van der Waals surface area contributed by atoms with Crippen LogP contribution in [0.25, 0.3) is 11.3 Å². The first-order valence-corrected chi connectivity index (χ1v) is 10.3. The van der Waals surface area contributed by atoms with Crippen LogP contribution in [-0.4, -0.2) is 17.1 Å². The summed E-state index contributed by atoms with van der Waals surface area (Å²) in [6, 6.07) is 23.0. The highest BCUT2D eigenvalue weighted by Crippen LogP contribution is 2.42. The van der Waals surface area contributed by atoms with Crippen molar-refractivity contribution in [1.82, 2.24) is 9.97 Å². The Kier molecular flexibility index (Phi) is 5.08. The molecule has 0 spiro atoms. The fourth-order valence-electron chi connectivity index (χ4n) is 4.18. The normalized spacial score (nSPS) is 14.5. The van der Waals surface area contributed by atoms with E-state index in [-0.39, 0.29) is 11.7 Å². The van der Waals surface area contributed by atoms with Crippen LogP contribution in [0.3, 0.4) is 0 Å². The van der Waals surface area contributed by atoms with Crippen LogP contribution in [0.5, 0.6) is 5.75 Å². The van der Waals surface area contributed by atoms with Crippen LogP contribution in [0, 0.1) is 5.82 Å². The monoisotopic (exact) mass is 411 g/mol. The fourth-order valence-corrected chi connectivity index (χ4v) is 4.18. The van der Waals surface area contributed by atoms with E-state index in [1.807, 2.05) is 54.7 Å². The van der Waals surface area contributed by atoms with E-state index in [0.717, 1.165) is 33.7 Å². The lowest BCUT2D eigenvalue weighted by atomic mass is 9.78. The minimum absolute atomic E-state index is 0.0494. The number of methoxy groups -OCH3 is 1. The highest BCUT2D eigenvalue weighted by molar-refractivity contribution is 5.72. The van der Waals surface area contributed by atoms with Crippen LogP contribution in [0.4, 0.5) is 10.3 Å². The number of ether oxygens (including phenoxy) is 1. The molecule has 0 bridgehead atoms. The molecule has 0 fully saturated rings. The molecule has 3 aromatic carbocycles. The summed E-state index contributed by atoms with van der Waals surface area (Å²) < 4.78 is 19.8. The Bertz CT molecular complexity index is 1220. The van der Waals surface area contributed by atoms with Gasteiger partial charge in [-0.25, -0.2) is 14.4 Å². The molecule has 4 aromatic rings. The number of hydrogen-bond donors (Lipinski definition) is 1. The van der Waals surface area contributed by atoms with Gasteiger partial charge in [0.1, 0.15) is 11.6 Å². The quantitative estimate of drug-likeness (QED) is 0.465. The number of fused-ring (bicyclic) bond motifs is 3. The molecule has 1 aromatic heterocycles. The summed E-state index contributed by atoms with van der Waals surface area (Å²) in [4.78, 5) is 9.34. The summed E-state index contributed by atoms with van der Waals surface area (Å²) >= 11 is 0. The summed E-state index contributed by atoms with van der Waals surface area (Å²) in [5.74, 6) is 1.18. The number of anilines is 1. The average molecular weight is 411 g/mol. The molecule has 154 valence electrons. The second kappa shape index (κ2) is 8.19. The molecule has 1 aliphatic rings. The maximum Gasteiger partial charge on any atom is 0.223 e. The summed E-state index contributed by atoms with van der Waals surface area (Å²) in [6.45, 7) is 0.613. The van der Waals surface area contributed by atoms with Gasteiger partial charge in [-0.2, -0.15) is 0 Å². The van der Waals surface area contributed by atoms with Crippen molar-refractivity contribution in [1.29, 1.82) is 0 Å². The summed E-state index contributed by atoms with van der Waals surface area (Å²) in [5.41, 5.74) is 5.90. The standard InChI is InChI=1S/C26H22FN3O/c1-31-19-12-10-17(11-13-19)15-28-26-29-16-18-14-23(21-7-4-5-9-24(21)27)20-6-2-3-8-22(20)25(18)30-26/h2-13,16,23H,14-15H2,1H3,(H,28,29,30). The molecule has 0 radical (unpaired) electrons. The van der Waals surface area contributed by atoms with Gasteiger partial charge in [-0.15, -0.1) is 0 Å². The number of rotatable bonds is 5. The number of aromatic nitrogens is 2. The topological polar surface area (TPSA) is 47.0 Å². The lowest BCUT2D eigenvalue weighted by Crippen LogP contribution is -2.16. The third-order valence-electron chi connectivity index (χ3n) is 5.77. The number of hydrogen-bond acceptors (Lipinski definition) is 4. The van der Waals surface area contributed by atoms with Gasteiger partial charge in [0.2, 0.25) is 5.95 Å². The number of nitrogens with zero attached hydrogens (tertiary/aromatic N) is 2. The summed E-state index contributed by atoms with van der Waals surface area (Å²) in [7, 11) is 1.66. The third kappa shape index (κ3) is 3.75. The van der Waals surface area contributed by atoms with Crippen LogP contribution in [-0.2, 0) is 13.0 Å². The van der Waals surface area contributed by atoms with Gasteiger partial charge in [0.25, 0.3) is 0 Å². The minimum atomic E-state index is -0.176. The van der Waals surface area contributed by atoms with Gasteiger partial charge in [0.05, 0.1) is 12.8 Å². The van der Waals surface area contributed by atoms with E-state index in [0.29, 0.717) is 24.5 Å². The molecule has 1 atom stereocenters. The molecular weight excluding hydrogens is 389 g/mol. The minimum Gasteiger partial charge on any atom is -0.497 e. The Morgan fingerprint density at radius 2 is 1.71 bits per heavy atom. The van der Waals surface area contributed by atoms with Crippen molar-refractivity contribution in [2.45, 2.75) is 18.9 Å². The molecule has 1 aliphatic carbocycles. The van der Waals surface area contributed by atoms with E-state index in [2.05, 4.69) is 22.4 Å². The van der Waals surface area contributed by atoms with Crippen LogP contribution in [0.1, 0.15) is 28.2 Å². The zero-order valence-electron chi connectivity index (χ0n) is 17.2. The number of nitrogens with one attached hydrogen (secondary N) is 1. The average Bonchev–Trinajstić information content (AvgIpc) is 2.83. The van der Waals surface area contributed by atoms with Gasteiger partial charge in [-0.1, -0.05) is 54.6 Å². The lowest BCUT2D eigenvalue weighted by molar-refractivity contribution is 0.414. The Morgan fingerprint density at radius 1 is 0.968 bits per heavy atom. The molecule has 0 saturated heterocycles.